The highest BCUT2D eigenvalue weighted by atomic mass is 16.3. The predicted molar refractivity (Wildman–Crippen MR) is 81.9 cm³/mol. The standard InChI is InChI=1S/C16H16N4O/c1-2-20-10-11(9-18-20)8-17-13-5-6-15-14(7-13)19-16(21-15)12-3-4-12/h2,5-7,9-10,12,17H,1,3-4,8H2. The lowest BCUT2D eigenvalue weighted by atomic mass is 10.2. The molecule has 0 saturated heterocycles. The van der Waals surface area contributed by atoms with Gasteiger partial charge in [0.25, 0.3) is 0 Å². The van der Waals surface area contributed by atoms with Crippen molar-refractivity contribution in [2.75, 3.05) is 5.32 Å². The van der Waals surface area contributed by atoms with Crippen molar-refractivity contribution in [3.63, 3.8) is 0 Å². The van der Waals surface area contributed by atoms with Gasteiger partial charge in [-0.1, -0.05) is 6.58 Å². The minimum Gasteiger partial charge on any atom is -0.440 e. The molecule has 0 amide bonds. The summed E-state index contributed by atoms with van der Waals surface area (Å²) in [6.07, 6.45) is 7.84. The van der Waals surface area contributed by atoms with Gasteiger partial charge in [0, 0.05) is 36.1 Å². The molecule has 0 radical (unpaired) electrons. The number of fused-ring (bicyclic) bond motifs is 1. The third-order valence-electron chi connectivity index (χ3n) is 3.67. The number of hydrogen-bond donors (Lipinski definition) is 1. The zero-order chi connectivity index (χ0) is 14.2. The molecule has 4 rings (SSSR count). The molecule has 21 heavy (non-hydrogen) atoms. The zero-order valence-electron chi connectivity index (χ0n) is 11.6. The molecule has 1 aromatic carbocycles. The minimum atomic E-state index is 0.540. The molecule has 5 heteroatoms. The van der Waals surface area contributed by atoms with Gasteiger partial charge in [-0.25, -0.2) is 9.67 Å². The van der Waals surface area contributed by atoms with Crippen LogP contribution in [0.5, 0.6) is 0 Å². The topological polar surface area (TPSA) is 55.9 Å². The molecule has 1 aliphatic rings. The van der Waals surface area contributed by atoms with Crippen molar-refractivity contribution in [3.8, 4) is 0 Å². The number of aromatic nitrogens is 3. The first-order valence-corrected chi connectivity index (χ1v) is 7.12. The average Bonchev–Trinajstić information content (AvgIpc) is 3.11. The summed E-state index contributed by atoms with van der Waals surface area (Å²) in [5.74, 6) is 1.42. The van der Waals surface area contributed by atoms with Crippen LogP contribution in [0.3, 0.4) is 0 Å². The van der Waals surface area contributed by atoms with Crippen molar-refractivity contribution in [3.05, 3.63) is 48.6 Å². The van der Waals surface area contributed by atoms with E-state index in [4.69, 9.17) is 4.42 Å². The summed E-state index contributed by atoms with van der Waals surface area (Å²) in [6, 6.07) is 6.02. The lowest BCUT2D eigenvalue weighted by Crippen LogP contribution is -1.97. The summed E-state index contributed by atoms with van der Waals surface area (Å²) in [5.41, 5.74) is 3.92. The van der Waals surface area contributed by atoms with Crippen LogP contribution in [-0.2, 0) is 6.54 Å². The van der Waals surface area contributed by atoms with Crippen LogP contribution in [0.15, 0.2) is 41.6 Å². The average molecular weight is 280 g/mol. The van der Waals surface area contributed by atoms with Gasteiger partial charge < -0.3 is 9.73 Å². The van der Waals surface area contributed by atoms with E-state index in [-0.39, 0.29) is 0 Å². The summed E-state index contributed by atoms with van der Waals surface area (Å²) in [6.45, 7) is 4.39. The molecular formula is C16H16N4O. The highest BCUT2D eigenvalue weighted by Crippen LogP contribution is 2.40. The molecule has 0 aliphatic heterocycles. The second-order valence-electron chi connectivity index (χ2n) is 5.37. The molecule has 106 valence electrons. The van der Waals surface area contributed by atoms with Crippen LogP contribution in [-0.4, -0.2) is 14.8 Å². The van der Waals surface area contributed by atoms with Crippen molar-refractivity contribution in [2.45, 2.75) is 25.3 Å². The van der Waals surface area contributed by atoms with Crippen molar-refractivity contribution < 1.29 is 4.42 Å². The summed E-state index contributed by atoms with van der Waals surface area (Å²) >= 11 is 0. The molecule has 2 aromatic heterocycles. The van der Waals surface area contributed by atoms with Crippen LogP contribution in [0.1, 0.15) is 30.2 Å². The van der Waals surface area contributed by atoms with E-state index < -0.39 is 0 Å². The Bertz CT molecular complexity index is 798. The zero-order valence-corrected chi connectivity index (χ0v) is 11.6. The van der Waals surface area contributed by atoms with E-state index >= 15 is 0 Å². The first-order valence-electron chi connectivity index (χ1n) is 7.12. The van der Waals surface area contributed by atoms with Crippen LogP contribution in [0.4, 0.5) is 5.69 Å². The van der Waals surface area contributed by atoms with Crippen molar-refractivity contribution in [1.82, 2.24) is 14.8 Å². The highest BCUT2D eigenvalue weighted by Gasteiger charge is 2.28. The number of hydrogen-bond acceptors (Lipinski definition) is 4. The summed E-state index contributed by atoms with van der Waals surface area (Å²) in [4.78, 5) is 4.57. The third kappa shape index (κ3) is 2.42. The number of nitrogens with zero attached hydrogens (tertiary/aromatic N) is 3. The summed E-state index contributed by atoms with van der Waals surface area (Å²) < 4.78 is 7.46. The van der Waals surface area contributed by atoms with E-state index in [0.29, 0.717) is 12.5 Å². The van der Waals surface area contributed by atoms with Gasteiger partial charge in [0.2, 0.25) is 0 Å². The molecule has 5 nitrogen and oxygen atoms in total. The first-order chi connectivity index (χ1) is 10.3. The molecule has 1 saturated carbocycles. The first kappa shape index (κ1) is 12.2. The second-order valence-corrected chi connectivity index (χ2v) is 5.37. The second kappa shape index (κ2) is 4.77. The Morgan fingerprint density at radius 1 is 1.43 bits per heavy atom. The minimum absolute atomic E-state index is 0.540. The molecule has 1 N–H and O–H groups in total. The SMILES string of the molecule is C=Cn1cc(CNc2ccc3oc(C4CC4)nc3c2)cn1. The quantitative estimate of drug-likeness (QED) is 0.775. The number of oxazole rings is 1. The molecule has 0 spiro atoms. The van der Waals surface area contributed by atoms with E-state index in [2.05, 4.69) is 22.0 Å². The molecule has 2 heterocycles. The Morgan fingerprint density at radius 2 is 2.33 bits per heavy atom. The Kier molecular flexibility index (Phi) is 2.77. The maximum Gasteiger partial charge on any atom is 0.198 e. The fraction of sp³-hybridized carbons (Fsp3) is 0.250. The van der Waals surface area contributed by atoms with Gasteiger partial charge in [0.15, 0.2) is 11.5 Å². The third-order valence-corrected chi connectivity index (χ3v) is 3.67. The molecule has 3 aromatic rings. The normalized spacial score (nSPS) is 14.5. The number of anilines is 1. The summed E-state index contributed by atoms with van der Waals surface area (Å²) in [7, 11) is 0. The molecule has 1 aliphatic carbocycles. The number of nitrogens with one attached hydrogen (secondary N) is 1. The van der Waals surface area contributed by atoms with Crippen molar-refractivity contribution in [1.29, 1.82) is 0 Å². The van der Waals surface area contributed by atoms with Gasteiger partial charge in [-0.05, 0) is 31.0 Å². The van der Waals surface area contributed by atoms with Gasteiger partial charge in [0.1, 0.15) is 5.52 Å². The van der Waals surface area contributed by atoms with Crippen LogP contribution in [0, 0.1) is 0 Å². The molecule has 0 atom stereocenters. The Morgan fingerprint density at radius 3 is 3.10 bits per heavy atom. The van der Waals surface area contributed by atoms with E-state index in [1.807, 2.05) is 30.6 Å². The highest BCUT2D eigenvalue weighted by molar-refractivity contribution is 5.77. The largest absolute Gasteiger partial charge is 0.440 e. The maximum absolute atomic E-state index is 5.76. The van der Waals surface area contributed by atoms with Gasteiger partial charge >= 0.3 is 0 Å². The summed E-state index contributed by atoms with van der Waals surface area (Å²) in [5, 5.41) is 7.53. The monoisotopic (exact) mass is 280 g/mol. The molecule has 0 bridgehead atoms. The lowest BCUT2D eigenvalue weighted by molar-refractivity contribution is 0.533. The van der Waals surface area contributed by atoms with Gasteiger partial charge in [0.05, 0.1) is 6.20 Å². The van der Waals surface area contributed by atoms with Crippen molar-refractivity contribution in [2.24, 2.45) is 0 Å². The van der Waals surface area contributed by atoms with Crippen molar-refractivity contribution >= 4 is 23.0 Å². The van der Waals surface area contributed by atoms with Crippen LogP contribution in [0.25, 0.3) is 17.3 Å². The maximum atomic E-state index is 5.76. The molecular weight excluding hydrogens is 264 g/mol. The molecule has 0 unspecified atom stereocenters. The number of rotatable bonds is 5. The van der Waals surface area contributed by atoms with E-state index in [1.54, 1.807) is 10.9 Å². The Hall–Kier alpha value is -2.56. The van der Waals surface area contributed by atoms with E-state index in [0.717, 1.165) is 28.2 Å². The van der Waals surface area contributed by atoms with Gasteiger partial charge in [-0.3, -0.25) is 0 Å². The molecule has 1 fully saturated rings. The van der Waals surface area contributed by atoms with E-state index in [1.165, 1.54) is 12.8 Å². The Labute approximate surface area is 122 Å². The number of benzene rings is 1. The van der Waals surface area contributed by atoms with Crippen LogP contribution < -0.4 is 5.32 Å². The predicted octanol–water partition coefficient (Wildman–Crippen LogP) is 3.61. The van der Waals surface area contributed by atoms with Gasteiger partial charge in [-0.2, -0.15) is 5.10 Å². The smallest absolute Gasteiger partial charge is 0.198 e. The van der Waals surface area contributed by atoms with E-state index in [9.17, 15) is 0 Å². The van der Waals surface area contributed by atoms with Gasteiger partial charge in [-0.15, -0.1) is 0 Å². The van der Waals surface area contributed by atoms with Crippen LogP contribution >= 0.6 is 0 Å². The Balaban J connectivity index is 1.51. The van der Waals surface area contributed by atoms with Crippen LogP contribution in [0.2, 0.25) is 0 Å². The fourth-order valence-electron chi connectivity index (χ4n) is 2.33. The lowest BCUT2D eigenvalue weighted by Gasteiger charge is -2.03. The fourth-order valence-corrected chi connectivity index (χ4v) is 2.33.